The summed E-state index contributed by atoms with van der Waals surface area (Å²) in [7, 11) is 0. The molecule has 2 amide bonds. The highest BCUT2D eigenvalue weighted by molar-refractivity contribution is 6.35. The van der Waals surface area contributed by atoms with Gasteiger partial charge in [-0.2, -0.15) is 0 Å². The van der Waals surface area contributed by atoms with E-state index in [-0.39, 0.29) is 6.10 Å². The smallest absolute Gasteiger partial charge is 0.311 e. The SMILES string of the molecule is CC(C)OCCNC(=O)C(=O)N1CCCNCC1. The van der Waals surface area contributed by atoms with Crippen molar-refractivity contribution in [2.45, 2.75) is 26.4 Å². The zero-order valence-corrected chi connectivity index (χ0v) is 11.2. The number of hydrogen-bond acceptors (Lipinski definition) is 4. The zero-order valence-electron chi connectivity index (χ0n) is 11.2. The van der Waals surface area contributed by atoms with Gasteiger partial charge in [-0.15, -0.1) is 0 Å². The van der Waals surface area contributed by atoms with Crippen molar-refractivity contribution in [2.75, 3.05) is 39.3 Å². The Bertz CT molecular complexity index is 274. The lowest BCUT2D eigenvalue weighted by molar-refractivity contribution is -0.145. The minimum absolute atomic E-state index is 0.134. The van der Waals surface area contributed by atoms with Crippen molar-refractivity contribution >= 4 is 11.8 Å². The number of rotatable bonds is 4. The number of ether oxygens (including phenoxy) is 1. The van der Waals surface area contributed by atoms with Gasteiger partial charge in [0, 0.05) is 26.2 Å². The monoisotopic (exact) mass is 257 g/mol. The average molecular weight is 257 g/mol. The molecule has 6 nitrogen and oxygen atoms in total. The Balaban J connectivity index is 2.25. The molecule has 0 saturated carbocycles. The highest BCUT2D eigenvalue weighted by Crippen LogP contribution is 1.96. The van der Waals surface area contributed by atoms with Crippen LogP contribution >= 0.6 is 0 Å². The predicted molar refractivity (Wildman–Crippen MR) is 68.2 cm³/mol. The van der Waals surface area contributed by atoms with Crippen LogP contribution in [0.2, 0.25) is 0 Å². The number of carbonyl (C=O) groups is 2. The first-order valence-electron chi connectivity index (χ1n) is 6.50. The number of hydrogen-bond donors (Lipinski definition) is 2. The maximum absolute atomic E-state index is 11.8. The molecule has 0 atom stereocenters. The van der Waals surface area contributed by atoms with Gasteiger partial charge < -0.3 is 20.3 Å². The molecule has 1 aliphatic rings. The van der Waals surface area contributed by atoms with Gasteiger partial charge in [0.05, 0.1) is 12.7 Å². The van der Waals surface area contributed by atoms with Crippen LogP contribution in [-0.2, 0) is 14.3 Å². The fraction of sp³-hybridized carbons (Fsp3) is 0.833. The molecule has 0 radical (unpaired) electrons. The Kier molecular flexibility index (Phi) is 6.67. The van der Waals surface area contributed by atoms with E-state index >= 15 is 0 Å². The molecule has 1 fully saturated rings. The van der Waals surface area contributed by atoms with E-state index in [1.165, 1.54) is 0 Å². The van der Waals surface area contributed by atoms with Crippen LogP contribution in [0.5, 0.6) is 0 Å². The predicted octanol–water partition coefficient (Wildman–Crippen LogP) is -0.650. The quantitative estimate of drug-likeness (QED) is 0.518. The first-order chi connectivity index (χ1) is 8.61. The van der Waals surface area contributed by atoms with Crippen LogP contribution in [0.1, 0.15) is 20.3 Å². The van der Waals surface area contributed by atoms with Crippen molar-refractivity contribution in [2.24, 2.45) is 0 Å². The molecule has 1 heterocycles. The third kappa shape index (κ3) is 5.46. The number of amides is 2. The van der Waals surface area contributed by atoms with E-state index < -0.39 is 11.8 Å². The third-order valence-corrected chi connectivity index (χ3v) is 2.66. The molecule has 0 bridgehead atoms. The molecule has 1 rings (SSSR count). The highest BCUT2D eigenvalue weighted by Gasteiger charge is 2.21. The number of nitrogens with zero attached hydrogens (tertiary/aromatic N) is 1. The Labute approximate surface area is 108 Å². The van der Waals surface area contributed by atoms with Gasteiger partial charge in [0.25, 0.3) is 0 Å². The van der Waals surface area contributed by atoms with Crippen LogP contribution in [0.4, 0.5) is 0 Å². The van der Waals surface area contributed by atoms with Gasteiger partial charge in [-0.25, -0.2) is 0 Å². The van der Waals surface area contributed by atoms with Gasteiger partial charge in [0.2, 0.25) is 0 Å². The second-order valence-electron chi connectivity index (χ2n) is 4.57. The maximum Gasteiger partial charge on any atom is 0.311 e. The minimum Gasteiger partial charge on any atom is -0.377 e. The summed E-state index contributed by atoms with van der Waals surface area (Å²) in [5, 5.41) is 5.77. The normalized spacial score (nSPS) is 16.5. The van der Waals surface area contributed by atoms with Crippen molar-refractivity contribution in [3.8, 4) is 0 Å². The molecule has 2 N–H and O–H groups in total. The summed E-state index contributed by atoms with van der Waals surface area (Å²) in [6.07, 6.45) is 1.02. The van der Waals surface area contributed by atoms with Gasteiger partial charge in [-0.05, 0) is 26.8 Å². The van der Waals surface area contributed by atoms with E-state index in [1.54, 1.807) is 4.90 Å². The zero-order chi connectivity index (χ0) is 13.4. The molecule has 0 aromatic heterocycles. The van der Waals surface area contributed by atoms with E-state index in [9.17, 15) is 9.59 Å². The summed E-state index contributed by atoms with van der Waals surface area (Å²) in [6, 6.07) is 0. The lowest BCUT2D eigenvalue weighted by Gasteiger charge is -2.19. The van der Waals surface area contributed by atoms with E-state index in [2.05, 4.69) is 10.6 Å². The van der Waals surface area contributed by atoms with E-state index in [0.717, 1.165) is 19.5 Å². The molecule has 0 aliphatic carbocycles. The number of nitrogens with one attached hydrogen (secondary N) is 2. The van der Waals surface area contributed by atoms with Crippen molar-refractivity contribution in [3.05, 3.63) is 0 Å². The van der Waals surface area contributed by atoms with Crippen LogP contribution in [0.3, 0.4) is 0 Å². The van der Waals surface area contributed by atoms with Gasteiger partial charge in [0.1, 0.15) is 0 Å². The first-order valence-corrected chi connectivity index (χ1v) is 6.50. The lowest BCUT2D eigenvalue weighted by Crippen LogP contribution is -2.45. The van der Waals surface area contributed by atoms with Crippen LogP contribution in [0, 0.1) is 0 Å². The minimum atomic E-state index is -0.538. The standard InChI is InChI=1S/C12H23N3O3/c1-10(2)18-9-6-14-11(16)12(17)15-7-3-4-13-5-8-15/h10,13H,3-9H2,1-2H3,(H,14,16). The van der Waals surface area contributed by atoms with Gasteiger partial charge in [0.15, 0.2) is 0 Å². The van der Waals surface area contributed by atoms with Crippen LogP contribution in [0.15, 0.2) is 0 Å². The van der Waals surface area contributed by atoms with Crippen LogP contribution < -0.4 is 10.6 Å². The fourth-order valence-electron chi connectivity index (χ4n) is 1.73. The Morgan fingerprint density at radius 1 is 1.33 bits per heavy atom. The fourth-order valence-corrected chi connectivity index (χ4v) is 1.73. The molecule has 0 aromatic rings. The van der Waals surface area contributed by atoms with Crippen molar-refractivity contribution in [3.63, 3.8) is 0 Å². The summed E-state index contributed by atoms with van der Waals surface area (Å²) in [5.41, 5.74) is 0. The second kappa shape index (κ2) is 8.05. The third-order valence-electron chi connectivity index (χ3n) is 2.66. The first kappa shape index (κ1) is 14.9. The molecular weight excluding hydrogens is 234 g/mol. The molecule has 0 unspecified atom stereocenters. The van der Waals surface area contributed by atoms with E-state index in [4.69, 9.17) is 4.74 Å². The Morgan fingerprint density at radius 3 is 2.83 bits per heavy atom. The summed E-state index contributed by atoms with van der Waals surface area (Å²) < 4.78 is 5.29. The van der Waals surface area contributed by atoms with Crippen LogP contribution in [0.25, 0.3) is 0 Å². The topological polar surface area (TPSA) is 70.7 Å². The van der Waals surface area contributed by atoms with Gasteiger partial charge >= 0.3 is 11.8 Å². The summed E-state index contributed by atoms with van der Waals surface area (Å²) in [5.74, 6) is -0.979. The average Bonchev–Trinajstić information content (AvgIpc) is 2.61. The molecule has 1 saturated heterocycles. The van der Waals surface area contributed by atoms with E-state index in [1.807, 2.05) is 13.8 Å². The van der Waals surface area contributed by atoms with Crippen molar-refractivity contribution < 1.29 is 14.3 Å². The Hall–Kier alpha value is -1.14. The van der Waals surface area contributed by atoms with Gasteiger partial charge in [-0.3, -0.25) is 9.59 Å². The summed E-state index contributed by atoms with van der Waals surface area (Å²) in [6.45, 7) is 7.53. The Morgan fingerprint density at radius 2 is 2.11 bits per heavy atom. The highest BCUT2D eigenvalue weighted by atomic mass is 16.5. The lowest BCUT2D eigenvalue weighted by atomic mass is 10.3. The molecule has 0 spiro atoms. The summed E-state index contributed by atoms with van der Waals surface area (Å²) in [4.78, 5) is 25.0. The molecule has 1 aliphatic heterocycles. The van der Waals surface area contributed by atoms with Crippen molar-refractivity contribution in [1.29, 1.82) is 0 Å². The summed E-state index contributed by atoms with van der Waals surface area (Å²) >= 11 is 0. The molecule has 6 heteroatoms. The molecule has 18 heavy (non-hydrogen) atoms. The maximum atomic E-state index is 11.8. The molecule has 0 aromatic carbocycles. The largest absolute Gasteiger partial charge is 0.377 e. The molecular formula is C12H23N3O3. The molecule has 104 valence electrons. The van der Waals surface area contributed by atoms with Crippen molar-refractivity contribution in [1.82, 2.24) is 15.5 Å². The van der Waals surface area contributed by atoms with Crippen LogP contribution in [-0.4, -0.2) is 62.1 Å². The second-order valence-corrected chi connectivity index (χ2v) is 4.57. The number of carbonyl (C=O) groups excluding carboxylic acids is 2. The van der Waals surface area contributed by atoms with E-state index in [0.29, 0.717) is 26.2 Å². The van der Waals surface area contributed by atoms with Gasteiger partial charge in [-0.1, -0.05) is 0 Å².